The van der Waals surface area contributed by atoms with Crippen molar-refractivity contribution in [1.29, 1.82) is 0 Å². The van der Waals surface area contributed by atoms with Crippen LogP contribution in [0.3, 0.4) is 0 Å². The van der Waals surface area contributed by atoms with Crippen LogP contribution in [-0.4, -0.2) is 24.0 Å². The van der Waals surface area contributed by atoms with Gasteiger partial charge in [-0.15, -0.1) is 11.3 Å². The molecule has 0 unspecified atom stereocenters. The monoisotopic (exact) mass is 474 g/mol. The minimum Gasteiger partial charge on any atom is -0.497 e. The first-order valence-corrected chi connectivity index (χ1v) is 10.4. The minimum absolute atomic E-state index is 0.0907. The molecule has 3 aromatic rings. The van der Waals surface area contributed by atoms with E-state index >= 15 is 0 Å². The van der Waals surface area contributed by atoms with Crippen LogP contribution in [0.15, 0.2) is 58.4 Å². The number of benzene rings is 2. The average molecular weight is 475 g/mol. The Hall–Kier alpha value is -2.91. The van der Waals surface area contributed by atoms with Crippen LogP contribution >= 0.6 is 27.3 Å². The Balaban J connectivity index is 1.45. The van der Waals surface area contributed by atoms with E-state index in [-0.39, 0.29) is 11.9 Å². The highest BCUT2D eigenvalue weighted by Crippen LogP contribution is 2.19. The van der Waals surface area contributed by atoms with Crippen molar-refractivity contribution in [3.63, 3.8) is 0 Å². The van der Waals surface area contributed by atoms with E-state index in [4.69, 9.17) is 4.74 Å². The van der Waals surface area contributed by atoms with Crippen molar-refractivity contribution >= 4 is 55.7 Å². The number of aryl methyl sites for hydroxylation is 1. The third-order valence-corrected chi connectivity index (χ3v) is 5.19. The first-order valence-electron chi connectivity index (χ1n) is 8.74. The maximum absolute atomic E-state index is 12.1. The maximum atomic E-state index is 12.1. The molecule has 3 rings (SSSR count). The zero-order valence-corrected chi connectivity index (χ0v) is 18.0. The lowest BCUT2D eigenvalue weighted by atomic mass is 10.2. The summed E-state index contributed by atoms with van der Waals surface area (Å²) in [5.41, 5.74) is 2.14. The Bertz CT molecular complexity index is 974. The standard InChI is InChI=1S/C20H19BrN4O3S/c1-28-17-9-6-15(7-10-17)23-19(27)25-20-24-16(12-29-20)8-11-18(26)22-14-4-2-13(21)3-5-14/h2-7,9-10,12H,8,11H2,1H3,(H,22,26)(H2,23,24,25,27). The molecule has 1 heterocycles. The van der Waals surface area contributed by atoms with Crippen LogP contribution in [-0.2, 0) is 11.2 Å². The summed E-state index contributed by atoms with van der Waals surface area (Å²) in [5.74, 6) is 0.622. The smallest absolute Gasteiger partial charge is 0.325 e. The van der Waals surface area contributed by atoms with Crippen LogP contribution in [0.5, 0.6) is 5.75 Å². The second kappa shape index (κ2) is 10.0. The normalized spacial score (nSPS) is 10.3. The summed E-state index contributed by atoms with van der Waals surface area (Å²) in [4.78, 5) is 28.5. The van der Waals surface area contributed by atoms with Crippen molar-refractivity contribution in [2.24, 2.45) is 0 Å². The zero-order chi connectivity index (χ0) is 20.6. The van der Waals surface area contributed by atoms with Crippen LogP contribution < -0.4 is 20.7 Å². The molecule has 0 spiro atoms. The molecule has 150 valence electrons. The quantitative estimate of drug-likeness (QED) is 0.442. The van der Waals surface area contributed by atoms with Gasteiger partial charge in [-0.2, -0.15) is 0 Å². The van der Waals surface area contributed by atoms with E-state index in [0.717, 1.165) is 15.9 Å². The number of carbonyl (C=O) groups is 2. The van der Waals surface area contributed by atoms with Crippen molar-refractivity contribution in [2.45, 2.75) is 12.8 Å². The molecule has 7 nitrogen and oxygen atoms in total. The molecular weight excluding hydrogens is 456 g/mol. The van der Waals surface area contributed by atoms with E-state index in [1.165, 1.54) is 11.3 Å². The van der Waals surface area contributed by atoms with Gasteiger partial charge in [0.25, 0.3) is 0 Å². The number of nitrogens with one attached hydrogen (secondary N) is 3. The minimum atomic E-state index is -0.385. The van der Waals surface area contributed by atoms with E-state index < -0.39 is 0 Å². The van der Waals surface area contributed by atoms with Crippen molar-refractivity contribution in [3.8, 4) is 5.75 Å². The van der Waals surface area contributed by atoms with Gasteiger partial charge in [-0.3, -0.25) is 10.1 Å². The maximum Gasteiger partial charge on any atom is 0.325 e. The number of amides is 3. The van der Waals surface area contributed by atoms with E-state index in [2.05, 4.69) is 36.9 Å². The number of carbonyl (C=O) groups excluding carboxylic acids is 2. The molecule has 0 radical (unpaired) electrons. The average Bonchev–Trinajstić information content (AvgIpc) is 3.16. The van der Waals surface area contributed by atoms with Crippen LogP contribution in [0.2, 0.25) is 0 Å². The molecule has 29 heavy (non-hydrogen) atoms. The molecular formula is C20H19BrN4O3S. The van der Waals surface area contributed by atoms with Gasteiger partial charge >= 0.3 is 6.03 Å². The molecule has 0 saturated heterocycles. The number of rotatable bonds is 7. The van der Waals surface area contributed by atoms with Crippen molar-refractivity contribution in [3.05, 3.63) is 64.1 Å². The lowest BCUT2D eigenvalue weighted by Gasteiger charge is -2.06. The fourth-order valence-electron chi connectivity index (χ4n) is 2.41. The van der Waals surface area contributed by atoms with Gasteiger partial charge in [-0.05, 0) is 55.0 Å². The van der Waals surface area contributed by atoms with Crippen molar-refractivity contribution in [2.75, 3.05) is 23.1 Å². The molecule has 9 heteroatoms. The zero-order valence-electron chi connectivity index (χ0n) is 15.6. The number of ether oxygens (including phenoxy) is 1. The van der Waals surface area contributed by atoms with Crippen LogP contribution in [0, 0.1) is 0 Å². The second-order valence-corrected chi connectivity index (χ2v) is 7.78. The molecule has 0 aliphatic heterocycles. The molecule has 3 amide bonds. The molecule has 3 N–H and O–H groups in total. The van der Waals surface area contributed by atoms with Gasteiger partial charge in [-0.25, -0.2) is 9.78 Å². The number of anilines is 3. The summed E-state index contributed by atoms with van der Waals surface area (Å²) in [5, 5.41) is 10.6. The number of halogens is 1. The third-order valence-electron chi connectivity index (χ3n) is 3.86. The number of nitrogens with zero attached hydrogens (tertiary/aromatic N) is 1. The molecule has 0 bridgehead atoms. The lowest BCUT2D eigenvalue weighted by Crippen LogP contribution is -2.19. The fourth-order valence-corrected chi connectivity index (χ4v) is 3.42. The number of methoxy groups -OCH3 is 1. The van der Waals surface area contributed by atoms with Crippen LogP contribution in [0.25, 0.3) is 0 Å². The Morgan fingerprint density at radius 3 is 2.34 bits per heavy atom. The Kier molecular flexibility index (Phi) is 7.20. The SMILES string of the molecule is COc1ccc(NC(=O)Nc2nc(CCC(=O)Nc3ccc(Br)cc3)cs2)cc1. The molecule has 0 aliphatic rings. The van der Waals surface area contributed by atoms with Gasteiger partial charge in [0, 0.05) is 27.6 Å². The summed E-state index contributed by atoms with van der Waals surface area (Å²) in [6, 6.07) is 14.0. The summed E-state index contributed by atoms with van der Waals surface area (Å²) in [6.07, 6.45) is 0.790. The first kappa shape index (κ1) is 20.8. The highest BCUT2D eigenvalue weighted by atomic mass is 79.9. The molecule has 0 fully saturated rings. The molecule has 2 aromatic carbocycles. The predicted octanol–water partition coefficient (Wildman–Crippen LogP) is 5.13. The second-order valence-electron chi connectivity index (χ2n) is 6.01. The molecule has 0 aliphatic carbocycles. The third kappa shape index (κ3) is 6.58. The first-order chi connectivity index (χ1) is 14.0. The number of urea groups is 1. The molecule has 1 aromatic heterocycles. The van der Waals surface area contributed by atoms with E-state index in [1.54, 1.807) is 31.4 Å². The van der Waals surface area contributed by atoms with Gasteiger partial charge in [0.15, 0.2) is 5.13 Å². The van der Waals surface area contributed by atoms with Gasteiger partial charge < -0.3 is 15.4 Å². The Labute approximate surface area is 180 Å². The van der Waals surface area contributed by atoms with Gasteiger partial charge in [0.2, 0.25) is 5.91 Å². The van der Waals surface area contributed by atoms with Gasteiger partial charge in [0.1, 0.15) is 5.75 Å². The van der Waals surface area contributed by atoms with Crippen molar-refractivity contribution in [1.82, 2.24) is 4.98 Å². The lowest BCUT2D eigenvalue weighted by molar-refractivity contribution is -0.116. The fraction of sp³-hybridized carbons (Fsp3) is 0.150. The Morgan fingerprint density at radius 2 is 1.66 bits per heavy atom. The number of aromatic nitrogens is 1. The molecule has 0 atom stereocenters. The molecule has 0 saturated carbocycles. The summed E-state index contributed by atoms with van der Waals surface area (Å²) in [7, 11) is 1.58. The van der Waals surface area contributed by atoms with Gasteiger partial charge in [0.05, 0.1) is 12.8 Å². The Morgan fingerprint density at radius 1 is 1.00 bits per heavy atom. The van der Waals surface area contributed by atoms with E-state index in [9.17, 15) is 9.59 Å². The van der Waals surface area contributed by atoms with Crippen LogP contribution in [0.4, 0.5) is 21.3 Å². The highest BCUT2D eigenvalue weighted by Gasteiger charge is 2.09. The van der Waals surface area contributed by atoms with Crippen molar-refractivity contribution < 1.29 is 14.3 Å². The van der Waals surface area contributed by atoms with Crippen LogP contribution in [0.1, 0.15) is 12.1 Å². The topological polar surface area (TPSA) is 92.3 Å². The van der Waals surface area contributed by atoms with E-state index in [0.29, 0.717) is 29.4 Å². The predicted molar refractivity (Wildman–Crippen MR) is 119 cm³/mol. The summed E-state index contributed by atoms with van der Waals surface area (Å²) < 4.78 is 6.04. The number of thiazole rings is 1. The van der Waals surface area contributed by atoms with Gasteiger partial charge in [-0.1, -0.05) is 15.9 Å². The summed E-state index contributed by atoms with van der Waals surface area (Å²) in [6.45, 7) is 0. The highest BCUT2D eigenvalue weighted by molar-refractivity contribution is 9.10. The number of hydrogen-bond acceptors (Lipinski definition) is 5. The van der Waals surface area contributed by atoms with E-state index in [1.807, 2.05) is 29.6 Å². The summed E-state index contributed by atoms with van der Waals surface area (Å²) >= 11 is 4.67. The largest absolute Gasteiger partial charge is 0.497 e. The number of hydrogen-bond donors (Lipinski definition) is 3.